The van der Waals surface area contributed by atoms with Crippen LogP contribution in [-0.2, 0) is 9.53 Å². The van der Waals surface area contributed by atoms with Crippen LogP contribution in [0.3, 0.4) is 0 Å². The van der Waals surface area contributed by atoms with Crippen molar-refractivity contribution in [3.63, 3.8) is 0 Å². The molecule has 108 valence electrons. The van der Waals surface area contributed by atoms with Crippen molar-refractivity contribution in [2.45, 2.75) is 44.7 Å². The van der Waals surface area contributed by atoms with E-state index in [1.165, 1.54) is 4.90 Å². The molecule has 2 heterocycles. The summed E-state index contributed by atoms with van der Waals surface area (Å²) in [5.74, 6) is -0.504. The van der Waals surface area contributed by atoms with Gasteiger partial charge in [0.1, 0.15) is 6.04 Å². The lowest BCUT2D eigenvalue weighted by atomic mass is 9.89. The average molecular weight is 270 g/mol. The Balaban J connectivity index is 1.96. The lowest BCUT2D eigenvalue weighted by molar-refractivity contribution is -0.144. The zero-order valence-electron chi connectivity index (χ0n) is 11.3. The number of carbonyl (C=O) groups is 2. The van der Waals surface area contributed by atoms with Gasteiger partial charge in [-0.05, 0) is 25.2 Å². The first-order valence-corrected chi connectivity index (χ1v) is 6.99. The average Bonchev–Trinajstić information content (AvgIpc) is 2.90. The third kappa shape index (κ3) is 3.37. The largest absolute Gasteiger partial charge is 0.480 e. The summed E-state index contributed by atoms with van der Waals surface area (Å²) in [5.41, 5.74) is 0. The van der Waals surface area contributed by atoms with Crippen molar-refractivity contribution in [1.82, 2.24) is 10.2 Å². The number of nitrogens with one attached hydrogen (secondary N) is 1. The molecule has 2 amide bonds. The molecule has 3 unspecified atom stereocenters. The molecule has 2 N–H and O–H groups in total. The second-order valence-corrected chi connectivity index (χ2v) is 5.36. The number of hydrogen-bond donors (Lipinski definition) is 2. The molecule has 0 saturated carbocycles. The number of carboxylic acid groups (broad SMARTS) is 1. The second-order valence-electron chi connectivity index (χ2n) is 5.36. The van der Waals surface area contributed by atoms with Crippen LogP contribution in [0.2, 0.25) is 0 Å². The van der Waals surface area contributed by atoms with E-state index < -0.39 is 12.0 Å². The van der Waals surface area contributed by atoms with Crippen LogP contribution in [-0.4, -0.2) is 53.8 Å². The maximum Gasteiger partial charge on any atom is 0.326 e. The van der Waals surface area contributed by atoms with Gasteiger partial charge in [-0.15, -0.1) is 0 Å². The first-order valence-electron chi connectivity index (χ1n) is 6.99. The van der Waals surface area contributed by atoms with Crippen molar-refractivity contribution in [1.29, 1.82) is 0 Å². The Hall–Kier alpha value is -1.30. The van der Waals surface area contributed by atoms with E-state index in [4.69, 9.17) is 4.74 Å². The lowest BCUT2D eigenvalue weighted by Crippen LogP contribution is -2.55. The zero-order valence-corrected chi connectivity index (χ0v) is 11.3. The van der Waals surface area contributed by atoms with Gasteiger partial charge >= 0.3 is 12.0 Å². The van der Waals surface area contributed by atoms with E-state index in [9.17, 15) is 14.7 Å². The molecule has 3 atom stereocenters. The van der Waals surface area contributed by atoms with E-state index in [2.05, 4.69) is 12.2 Å². The highest BCUT2D eigenvalue weighted by Crippen LogP contribution is 2.25. The molecule has 2 aliphatic rings. The Bertz CT molecular complexity index is 342. The minimum atomic E-state index is -0.907. The van der Waals surface area contributed by atoms with Crippen molar-refractivity contribution >= 4 is 12.0 Å². The monoisotopic (exact) mass is 270 g/mol. The maximum atomic E-state index is 12.2. The van der Waals surface area contributed by atoms with Crippen LogP contribution in [0.1, 0.15) is 32.6 Å². The number of aliphatic carboxylic acids is 1. The molecule has 6 heteroatoms. The first-order chi connectivity index (χ1) is 9.11. The predicted octanol–water partition coefficient (Wildman–Crippen LogP) is 1.06. The van der Waals surface area contributed by atoms with Gasteiger partial charge in [-0.3, -0.25) is 0 Å². The molecule has 0 spiro atoms. The van der Waals surface area contributed by atoms with Crippen molar-refractivity contribution in [3.8, 4) is 0 Å². The second kappa shape index (κ2) is 6.23. The normalized spacial score (nSPS) is 31.2. The molecule has 0 aromatic heterocycles. The number of nitrogens with zero attached hydrogens (tertiary/aromatic N) is 1. The number of ether oxygens (including phenoxy) is 1. The number of piperidine rings is 1. The van der Waals surface area contributed by atoms with Crippen LogP contribution in [0.5, 0.6) is 0 Å². The summed E-state index contributed by atoms with van der Waals surface area (Å²) < 4.78 is 5.20. The first kappa shape index (κ1) is 14.1. The van der Waals surface area contributed by atoms with Crippen LogP contribution in [0.15, 0.2) is 0 Å². The zero-order chi connectivity index (χ0) is 13.8. The standard InChI is InChI=1S/C13H22N2O4/c1-2-9-3-5-15(11(7-9)12(16)17)13(18)14-10-4-6-19-8-10/h9-11H,2-8H2,1H3,(H,14,18)(H,16,17). The summed E-state index contributed by atoms with van der Waals surface area (Å²) in [4.78, 5) is 24.9. The molecule has 2 fully saturated rings. The molecular weight excluding hydrogens is 248 g/mol. The topological polar surface area (TPSA) is 78.9 Å². The number of carbonyl (C=O) groups excluding carboxylic acids is 1. The third-order valence-corrected chi connectivity index (χ3v) is 4.09. The molecule has 6 nitrogen and oxygen atoms in total. The van der Waals surface area contributed by atoms with Gasteiger partial charge in [0.2, 0.25) is 0 Å². The Kier molecular flexibility index (Phi) is 4.63. The molecule has 2 aliphatic heterocycles. The van der Waals surface area contributed by atoms with Crippen LogP contribution in [0.4, 0.5) is 4.79 Å². The molecule has 0 radical (unpaired) electrons. The van der Waals surface area contributed by atoms with Crippen LogP contribution < -0.4 is 5.32 Å². The fourth-order valence-electron chi connectivity index (χ4n) is 2.79. The van der Waals surface area contributed by atoms with Gasteiger partial charge in [-0.25, -0.2) is 9.59 Å². The van der Waals surface area contributed by atoms with Crippen molar-refractivity contribution in [2.24, 2.45) is 5.92 Å². The quantitative estimate of drug-likeness (QED) is 0.803. The van der Waals surface area contributed by atoms with Gasteiger partial charge in [0.25, 0.3) is 0 Å². The summed E-state index contributed by atoms with van der Waals surface area (Å²) in [5, 5.41) is 12.2. The molecule has 2 saturated heterocycles. The van der Waals surface area contributed by atoms with Gasteiger partial charge in [-0.2, -0.15) is 0 Å². The van der Waals surface area contributed by atoms with Gasteiger partial charge in [0, 0.05) is 13.2 Å². The number of rotatable bonds is 3. The van der Waals surface area contributed by atoms with E-state index in [0.29, 0.717) is 32.1 Å². The molecule has 2 rings (SSSR count). The predicted molar refractivity (Wildman–Crippen MR) is 68.9 cm³/mol. The number of likely N-dealkylation sites (tertiary alicyclic amines) is 1. The van der Waals surface area contributed by atoms with Gasteiger partial charge in [-0.1, -0.05) is 13.3 Å². The number of hydrogen-bond acceptors (Lipinski definition) is 3. The summed E-state index contributed by atoms with van der Waals surface area (Å²) in [6, 6.07) is -0.940. The van der Waals surface area contributed by atoms with Crippen molar-refractivity contribution in [3.05, 3.63) is 0 Å². The molecule has 0 aromatic rings. The molecule has 0 aromatic carbocycles. The number of urea groups is 1. The minimum absolute atomic E-state index is 0.0193. The van der Waals surface area contributed by atoms with Crippen molar-refractivity contribution in [2.75, 3.05) is 19.8 Å². The Morgan fingerprint density at radius 2 is 2.21 bits per heavy atom. The summed E-state index contributed by atoms with van der Waals surface area (Å²) in [6.45, 7) is 3.77. The van der Waals surface area contributed by atoms with Gasteiger partial charge < -0.3 is 20.1 Å². The van der Waals surface area contributed by atoms with E-state index in [1.54, 1.807) is 0 Å². The summed E-state index contributed by atoms with van der Waals surface area (Å²) in [7, 11) is 0. The van der Waals surface area contributed by atoms with E-state index in [1.807, 2.05) is 0 Å². The molecule has 19 heavy (non-hydrogen) atoms. The summed E-state index contributed by atoms with van der Waals surface area (Å²) in [6.07, 6.45) is 3.21. The smallest absolute Gasteiger partial charge is 0.326 e. The highest BCUT2D eigenvalue weighted by atomic mass is 16.5. The maximum absolute atomic E-state index is 12.2. The molecule has 0 bridgehead atoms. The van der Waals surface area contributed by atoms with E-state index >= 15 is 0 Å². The van der Waals surface area contributed by atoms with Gasteiger partial charge in [0.05, 0.1) is 12.6 Å². The number of carboxylic acids is 1. The minimum Gasteiger partial charge on any atom is -0.480 e. The summed E-state index contributed by atoms with van der Waals surface area (Å²) >= 11 is 0. The Morgan fingerprint density at radius 1 is 1.42 bits per heavy atom. The fraction of sp³-hybridized carbons (Fsp3) is 0.846. The van der Waals surface area contributed by atoms with Crippen LogP contribution >= 0.6 is 0 Å². The number of amides is 2. The highest BCUT2D eigenvalue weighted by molar-refractivity contribution is 5.83. The van der Waals surface area contributed by atoms with Crippen LogP contribution in [0, 0.1) is 5.92 Å². The highest BCUT2D eigenvalue weighted by Gasteiger charge is 2.36. The lowest BCUT2D eigenvalue weighted by Gasteiger charge is -2.37. The Labute approximate surface area is 113 Å². The Morgan fingerprint density at radius 3 is 2.79 bits per heavy atom. The SMILES string of the molecule is CCC1CCN(C(=O)NC2CCOC2)C(C(=O)O)C1. The fourth-order valence-corrected chi connectivity index (χ4v) is 2.79. The molecular formula is C13H22N2O4. The van der Waals surface area contributed by atoms with Crippen LogP contribution in [0.25, 0.3) is 0 Å². The van der Waals surface area contributed by atoms with E-state index in [0.717, 1.165) is 19.3 Å². The third-order valence-electron chi connectivity index (χ3n) is 4.09. The van der Waals surface area contributed by atoms with Crippen molar-refractivity contribution < 1.29 is 19.4 Å². The van der Waals surface area contributed by atoms with E-state index in [-0.39, 0.29) is 12.1 Å². The van der Waals surface area contributed by atoms with Gasteiger partial charge in [0.15, 0.2) is 0 Å². The molecule has 0 aliphatic carbocycles.